The summed E-state index contributed by atoms with van der Waals surface area (Å²) in [5.41, 5.74) is 0.672. The molecule has 1 aliphatic carbocycles. The standard InChI is InChI=1S/C12H12O3/c13-10-4-2-1-3-8(10)7-9-11(14)5-6-12(9)15/h1-4,9,13H,5-7H2. The van der Waals surface area contributed by atoms with E-state index in [1.807, 2.05) is 0 Å². The van der Waals surface area contributed by atoms with Crippen LogP contribution in [0.5, 0.6) is 5.75 Å². The van der Waals surface area contributed by atoms with Crippen molar-refractivity contribution < 1.29 is 14.7 Å². The van der Waals surface area contributed by atoms with Crippen molar-refractivity contribution in [1.82, 2.24) is 0 Å². The van der Waals surface area contributed by atoms with Crippen LogP contribution >= 0.6 is 0 Å². The second-order valence-corrected chi connectivity index (χ2v) is 3.82. The average molecular weight is 204 g/mol. The largest absolute Gasteiger partial charge is 0.508 e. The Morgan fingerprint density at radius 3 is 2.33 bits per heavy atom. The van der Waals surface area contributed by atoms with Gasteiger partial charge in [-0.1, -0.05) is 18.2 Å². The van der Waals surface area contributed by atoms with Crippen molar-refractivity contribution in [3.05, 3.63) is 29.8 Å². The Bertz CT molecular complexity index is 393. The van der Waals surface area contributed by atoms with E-state index in [1.165, 1.54) is 0 Å². The van der Waals surface area contributed by atoms with E-state index in [-0.39, 0.29) is 17.3 Å². The first-order valence-corrected chi connectivity index (χ1v) is 5.01. The van der Waals surface area contributed by atoms with E-state index in [4.69, 9.17) is 0 Å². The highest BCUT2D eigenvalue weighted by Crippen LogP contribution is 2.25. The number of phenols is 1. The fourth-order valence-corrected chi connectivity index (χ4v) is 1.91. The summed E-state index contributed by atoms with van der Waals surface area (Å²) in [5, 5.41) is 9.52. The van der Waals surface area contributed by atoms with Crippen molar-refractivity contribution in [1.29, 1.82) is 0 Å². The molecule has 78 valence electrons. The molecule has 0 unspecified atom stereocenters. The normalized spacial score (nSPS) is 17.3. The van der Waals surface area contributed by atoms with Crippen molar-refractivity contribution in [2.24, 2.45) is 5.92 Å². The Balaban J connectivity index is 2.18. The van der Waals surface area contributed by atoms with Crippen LogP contribution in [0.3, 0.4) is 0 Å². The van der Waals surface area contributed by atoms with Crippen LogP contribution in [0.25, 0.3) is 0 Å². The van der Waals surface area contributed by atoms with E-state index in [0.29, 0.717) is 24.8 Å². The zero-order chi connectivity index (χ0) is 10.8. The van der Waals surface area contributed by atoms with Gasteiger partial charge in [-0.3, -0.25) is 9.59 Å². The molecule has 3 nitrogen and oxygen atoms in total. The van der Waals surface area contributed by atoms with Gasteiger partial charge in [0.2, 0.25) is 0 Å². The topological polar surface area (TPSA) is 54.4 Å². The molecule has 0 heterocycles. The van der Waals surface area contributed by atoms with E-state index in [2.05, 4.69) is 0 Å². The number of carbonyl (C=O) groups is 2. The Morgan fingerprint density at radius 2 is 1.73 bits per heavy atom. The maximum Gasteiger partial charge on any atom is 0.144 e. The van der Waals surface area contributed by atoms with Crippen LogP contribution < -0.4 is 0 Å². The number of rotatable bonds is 2. The van der Waals surface area contributed by atoms with Crippen LogP contribution in [-0.4, -0.2) is 16.7 Å². The van der Waals surface area contributed by atoms with Gasteiger partial charge in [0.25, 0.3) is 0 Å². The maximum atomic E-state index is 11.4. The van der Waals surface area contributed by atoms with Gasteiger partial charge in [0, 0.05) is 12.8 Å². The van der Waals surface area contributed by atoms with Crippen molar-refractivity contribution in [3.8, 4) is 5.75 Å². The summed E-state index contributed by atoms with van der Waals surface area (Å²) in [5.74, 6) is -0.366. The zero-order valence-corrected chi connectivity index (χ0v) is 8.27. The lowest BCUT2D eigenvalue weighted by molar-refractivity contribution is -0.127. The number of aromatic hydroxyl groups is 1. The molecule has 0 radical (unpaired) electrons. The van der Waals surface area contributed by atoms with E-state index < -0.39 is 5.92 Å². The van der Waals surface area contributed by atoms with Crippen LogP contribution in [0.1, 0.15) is 18.4 Å². The van der Waals surface area contributed by atoms with Crippen LogP contribution in [0.4, 0.5) is 0 Å². The highest BCUT2D eigenvalue weighted by Gasteiger charge is 2.32. The van der Waals surface area contributed by atoms with Gasteiger partial charge in [-0.15, -0.1) is 0 Å². The first kappa shape index (κ1) is 9.90. The molecule has 0 aliphatic heterocycles. The van der Waals surface area contributed by atoms with E-state index in [0.717, 1.165) is 0 Å². The molecule has 1 aromatic rings. The minimum atomic E-state index is -0.529. The van der Waals surface area contributed by atoms with Gasteiger partial charge in [-0.2, -0.15) is 0 Å². The molecule has 3 heteroatoms. The van der Waals surface area contributed by atoms with Gasteiger partial charge in [0.15, 0.2) is 0 Å². The van der Waals surface area contributed by atoms with Crippen molar-refractivity contribution in [2.45, 2.75) is 19.3 Å². The van der Waals surface area contributed by atoms with Crippen LogP contribution in [0.15, 0.2) is 24.3 Å². The fraction of sp³-hybridized carbons (Fsp3) is 0.333. The number of phenolic OH excluding ortho intramolecular Hbond substituents is 1. The summed E-state index contributed by atoms with van der Waals surface area (Å²) in [7, 11) is 0. The number of hydrogen-bond donors (Lipinski definition) is 1. The zero-order valence-electron chi connectivity index (χ0n) is 8.27. The lowest BCUT2D eigenvalue weighted by atomic mass is 9.96. The first-order valence-electron chi connectivity index (χ1n) is 5.01. The smallest absolute Gasteiger partial charge is 0.144 e. The SMILES string of the molecule is O=C1CCC(=O)C1Cc1ccccc1O. The Hall–Kier alpha value is -1.64. The molecule has 0 aromatic heterocycles. The Labute approximate surface area is 87.7 Å². The predicted molar refractivity (Wildman–Crippen MR) is 54.5 cm³/mol. The summed E-state index contributed by atoms with van der Waals surface area (Å²) in [6.45, 7) is 0. The van der Waals surface area contributed by atoms with Crippen molar-refractivity contribution in [2.75, 3.05) is 0 Å². The van der Waals surface area contributed by atoms with E-state index >= 15 is 0 Å². The molecular formula is C12H12O3. The molecule has 0 amide bonds. The molecule has 2 rings (SSSR count). The lowest BCUT2D eigenvalue weighted by Crippen LogP contribution is -2.17. The van der Waals surface area contributed by atoms with Crippen LogP contribution in [0, 0.1) is 5.92 Å². The van der Waals surface area contributed by atoms with Gasteiger partial charge in [-0.05, 0) is 18.1 Å². The predicted octanol–water partition coefficient (Wildman–Crippen LogP) is 1.48. The number of hydrogen-bond acceptors (Lipinski definition) is 3. The minimum Gasteiger partial charge on any atom is -0.508 e. The van der Waals surface area contributed by atoms with Gasteiger partial charge >= 0.3 is 0 Å². The van der Waals surface area contributed by atoms with Crippen molar-refractivity contribution >= 4 is 11.6 Å². The molecule has 1 N–H and O–H groups in total. The lowest BCUT2D eigenvalue weighted by Gasteiger charge is -2.08. The molecule has 0 spiro atoms. The Kier molecular flexibility index (Phi) is 2.54. The monoisotopic (exact) mass is 204 g/mol. The fourth-order valence-electron chi connectivity index (χ4n) is 1.91. The molecular weight excluding hydrogens is 192 g/mol. The molecule has 0 saturated heterocycles. The van der Waals surface area contributed by atoms with Gasteiger partial charge < -0.3 is 5.11 Å². The van der Waals surface area contributed by atoms with Gasteiger partial charge in [-0.25, -0.2) is 0 Å². The molecule has 1 saturated carbocycles. The first-order chi connectivity index (χ1) is 7.18. The molecule has 1 aromatic carbocycles. The quantitative estimate of drug-likeness (QED) is 0.742. The highest BCUT2D eigenvalue weighted by atomic mass is 16.3. The minimum absolute atomic E-state index is 0.00301. The average Bonchev–Trinajstić information content (AvgIpc) is 2.53. The second kappa shape index (κ2) is 3.85. The third kappa shape index (κ3) is 1.91. The van der Waals surface area contributed by atoms with Crippen molar-refractivity contribution in [3.63, 3.8) is 0 Å². The number of para-hydroxylation sites is 1. The summed E-state index contributed by atoms with van der Waals surface area (Å²) < 4.78 is 0. The number of carbonyl (C=O) groups excluding carboxylic acids is 2. The summed E-state index contributed by atoms with van der Waals surface area (Å²) in [4.78, 5) is 22.8. The summed E-state index contributed by atoms with van der Waals surface area (Å²) in [6.07, 6.45) is 1.05. The summed E-state index contributed by atoms with van der Waals surface area (Å²) >= 11 is 0. The van der Waals surface area contributed by atoms with Crippen LogP contribution in [0.2, 0.25) is 0 Å². The van der Waals surface area contributed by atoms with Gasteiger partial charge in [0.1, 0.15) is 17.3 Å². The number of benzene rings is 1. The molecule has 1 aliphatic rings. The number of Topliss-reactive ketones (excluding diaryl/α,β-unsaturated/α-hetero) is 2. The maximum absolute atomic E-state index is 11.4. The van der Waals surface area contributed by atoms with Crippen LogP contribution in [-0.2, 0) is 16.0 Å². The van der Waals surface area contributed by atoms with Gasteiger partial charge in [0.05, 0.1) is 5.92 Å². The number of ketones is 2. The summed E-state index contributed by atoms with van der Waals surface area (Å²) in [6, 6.07) is 6.82. The molecule has 1 fully saturated rings. The highest BCUT2D eigenvalue weighted by molar-refractivity contribution is 6.08. The molecule has 15 heavy (non-hydrogen) atoms. The third-order valence-corrected chi connectivity index (χ3v) is 2.81. The Morgan fingerprint density at radius 1 is 1.13 bits per heavy atom. The molecule has 0 bridgehead atoms. The third-order valence-electron chi connectivity index (χ3n) is 2.81. The van der Waals surface area contributed by atoms with E-state index in [1.54, 1.807) is 24.3 Å². The molecule has 0 atom stereocenters. The second-order valence-electron chi connectivity index (χ2n) is 3.82. The van der Waals surface area contributed by atoms with E-state index in [9.17, 15) is 14.7 Å².